The molecule has 0 aliphatic heterocycles. The molecule has 0 heterocycles. The molecule has 0 nitrogen and oxygen atoms in total. The maximum atomic E-state index is 3.69. The van der Waals surface area contributed by atoms with E-state index in [4.69, 9.17) is 0 Å². The van der Waals surface area contributed by atoms with Gasteiger partial charge in [0.1, 0.15) is 0 Å². The maximum absolute atomic E-state index is 3.69. The smallest absolute Gasteiger partial charge is 0.0906 e. The van der Waals surface area contributed by atoms with Gasteiger partial charge in [-0.15, -0.1) is 5.73 Å². The first-order chi connectivity index (χ1) is 9.64. The van der Waals surface area contributed by atoms with Crippen molar-refractivity contribution in [3.8, 4) is 0 Å². The predicted molar refractivity (Wildman–Crippen MR) is 98.4 cm³/mol. The second kappa shape index (κ2) is 7.29. The third-order valence-corrected chi connectivity index (χ3v) is 10.4. The lowest BCUT2D eigenvalue weighted by atomic mass is 10.1. The number of hydrogen-bond acceptors (Lipinski definition) is 0. The molecule has 0 fully saturated rings. The van der Waals surface area contributed by atoms with Crippen molar-refractivity contribution in [2.45, 2.75) is 65.6 Å². The monoisotopic (exact) mass is 300 g/mol. The van der Waals surface area contributed by atoms with Gasteiger partial charge in [0.15, 0.2) is 0 Å². The second-order valence-electron chi connectivity index (χ2n) is 7.89. The average molecular weight is 301 g/mol. The molecule has 0 aliphatic carbocycles. The van der Waals surface area contributed by atoms with Gasteiger partial charge in [-0.2, -0.15) is 0 Å². The summed E-state index contributed by atoms with van der Waals surface area (Å²) in [4.78, 5) is 0. The van der Waals surface area contributed by atoms with E-state index in [0.717, 1.165) is 12.8 Å². The van der Waals surface area contributed by atoms with Crippen LogP contribution in [0.4, 0.5) is 0 Å². The highest BCUT2D eigenvalue weighted by Crippen LogP contribution is 2.41. The Kier molecular flexibility index (Phi) is 6.25. The molecule has 1 rings (SSSR count). The van der Waals surface area contributed by atoms with E-state index >= 15 is 0 Å². The van der Waals surface area contributed by atoms with Gasteiger partial charge in [0, 0.05) is 0 Å². The lowest BCUT2D eigenvalue weighted by Crippen LogP contribution is -2.39. The molecule has 0 unspecified atom stereocenters. The van der Waals surface area contributed by atoms with Gasteiger partial charge in [-0.05, 0) is 40.6 Å². The fraction of sp³-hybridized carbons (Fsp3) is 0.550. The number of benzene rings is 1. The number of rotatable bonds is 5. The lowest BCUT2D eigenvalue weighted by molar-refractivity contribution is 0.719. The van der Waals surface area contributed by atoms with E-state index in [9.17, 15) is 0 Å². The summed E-state index contributed by atoms with van der Waals surface area (Å²) in [6, 6.07) is 10.8. The van der Waals surface area contributed by atoms with Crippen molar-refractivity contribution in [3.05, 3.63) is 52.9 Å². The summed E-state index contributed by atoms with van der Waals surface area (Å²) in [6.07, 6.45) is 4.52. The summed E-state index contributed by atoms with van der Waals surface area (Å²) in [5, 5.41) is 1.95. The van der Waals surface area contributed by atoms with Gasteiger partial charge in [0.2, 0.25) is 0 Å². The predicted octanol–water partition coefficient (Wildman–Crippen LogP) is 6.40. The molecule has 0 amide bonds. The van der Waals surface area contributed by atoms with Gasteiger partial charge in [-0.3, -0.25) is 0 Å². The Morgan fingerprint density at radius 3 is 2.19 bits per heavy atom. The standard InChI is InChI=1S/C20H32Si/c1-17(2)13-15-19(21(6,7)20(3,4)5)16-14-18-11-9-8-10-12-18/h8-13,17H,14,16H2,1-7H3. The van der Waals surface area contributed by atoms with Crippen molar-refractivity contribution in [1.29, 1.82) is 0 Å². The molecule has 0 aliphatic rings. The Morgan fingerprint density at radius 1 is 1.14 bits per heavy atom. The largest absolute Gasteiger partial charge is 0.130 e. The van der Waals surface area contributed by atoms with E-state index in [1.807, 2.05) is 0 Å². The van der Waals surface area contributed by atoms with Crippen molar-refractivity contribution in [2.75, 3.05) is 0 Å². The Hall–Kier alpha value is -1.04. The number of aryl methyl sites for hydroxylation is 1. The summed E-state index contributed by atoms with van der Waals surface area (Å²) in [5.41, 5.74) is 5.12. The molecule has 0 saturated heterocycles. The Balaban J connectivity index is 3.02. The first-order valence-corrected chi connectivity index (χ1v) is 11.1. The molecule has 0 atom stereocenters. The molecule has 0 bridgehead atoms. The first kappa shape index (κ1) is 18.0. The van der Waals surface area contributed by atoms with Crippen molar-refractivity contribution < 1.29 is 0 Å². The molecule has 0 saturated carbocycles. The van der Waals surface area contributed by atoms with Gasteiger partial charge in [0.05, 0.1) is 8.07 Å². The molecule has 0 aromatic heterocycles. The first-order valence-electron chi connectivity index (χ1n) is 8.14. The summed E-state index contributed by atoms with van der Waals surface area (Å²) >= 11 is 0. The van der Waals surface area contributed by atoms with Crippen molar-refractivity contribution in [1.82, 2.24) is 0 Å². The zero-order valence-electron chi connectivity index (χ0n) is 15.0. The Morgan fingerprint density at radius 2 is 1.71 bits per heavy atom. The zero-order chi connectivity index (χ0) is 16.1. The highest BCUT2D eigenvalue weighted by Gasteiger charge is 2.38. The van der Waals surface area contributed by atoms with Crippen LogP contribution in [-0.4, -0.2) is 8.07 Å². The van der Waals surface area contributed by atoms with Crippen LogP contribution in [0.5, 0.6) is 0 Å². The van der Waals surface area contributed by atoms with E-state index < -0.39 is 8.07 Å². The van der Waals surface area contributed by atoms with Gasteiger partial charge < -0.3 is 0 Å². The van der Waals surface area contributed by atoms with Crippen LogP contribution in [0, 0.1) is 5.92 Å². The topological polar surface area (TPSA) is 0 Å². The number of allylic oxidation sites excluding steroid dienone is 1. The summed E-state index contributed by atoms with van der Waals surface area (Å²) in [5.74, 6) is 0.571. The minimum atomic E-state index is -1.48. The van der Waals surface area contributed by atoms with Crippen LogP contribution < -0.4 is 0 Å². The summed E-state index contributed by atoms with van der Waals surface area (Å²) in [7, 11) is -1.48. The van der Waals surface area contributed by atoms with Crippen LogP contribution in [0.15, 0.2) is 47.3 Å². The van der Waals surface area contributed by atoms with Crippen LogP contribution in [0.3, 0.4) is 0 Å². The molecule has 1 aromatic rings. The van der Waals surface area contributed by atoms with Crippen LogP contribution in [0.2, 0.25) is 18.1 Å². The summed E-state index contributed by atoms with van der Waals surface area (Å²) < 4.78 is 0. The highest BCUT2D eigenvalue weighted by atomic mass is 28.3. The second-order valence-corrected chi connectivity index (χ2v) is 13.2. The summed E-state index contributed by atoms with van der Waals surface area (Å²) in [6.45, 7) is 16.6. The van der Waals surface area contributed by atoms with E-state index in [0.29, 0.717) is 11.0 Å². The Labute approximate surface area is 133 Å². The lowest BCUT2D eigenvalue weighted by Gasteiger charge is -2.38. The Bertz CT molecular complexity index is 494. The van der Waals surface area contributed by atoms with Gasteiger partial charge in [-0.1, -0.05) is 78.0 Å². The molecule has 21 heavy (non-hydrogen) atoms. The van der Waals surface area contributed by atoms with E-state index in [-0.39, 0.29) is 0 Å². The molecular weight excluding hydrogens is 268 g/mol. The number of hydrogen-bond donors (Lipinski definition) is 0. The van der Waals surface area contributed by atoms with Crippen LogP contribution >= 0.6 is 0 Å². The molecule has 0 spiro atoms. The quantitative estimate of drug-likeness (QED) is 0.435. The molecule has 0 N–H and O–H groups in total. The SMILES string of the molecule is CC(C)C=C=C(CCc1ccccc1)[Si](C)(C)C(C)(C)C. The van der Waals surface area contributed by atoms with Gasteiger partial charge in [-0.25, -0.2) is 0 Å². The van der Waals surface area contributed by atoms with Crippen LogP contribution in [0.1, 0.15) is 46.6 Å². The van der Waals surface area contributed by atoms with Crippen molar-refractivity contribution >= 4 is 8.07 Å². The third kappa shape index (κ3) is 5.34. The van der Waals surface area contributed by atoms with Crippen molar-refractivity contribution in [3.63, 3.8) is 0 Å². The molecule has 1 heteroatoms. The highest BCUT2D eigenvalue weighted by molar-refractivity contribution is 6.86. The molecule has 0 radical (unpaired) electrons. The normalized spacial score (nSPS) is 12.2. The zero-order valence-corrected chi connectivity index (χ0v) is 16.0. The average Bonchev–Trinajstić information content (AvgIpc) is 2.38. The van der Waals surface area contributed by atoms with Crippen LogP contribution in [0.25, 0.3) is 0 Å². The van der Waals surface area contributed by atoms with Gasteiger partial charge >= 0.3 is 0 Å². The third-order valence-electron chi connectivity index (χ3n) is 4.73. The molecule has 1 aromatic carbocycles. The maximum Gasteiger partial charge on any atom is 0.0906 e. The minimum absolute atomic E-state index is 0.372. The van der Waals surface area contributed by atoms with E-state index in [2.05, 4.69) is 89.9 Å². The minimum Gasteiger partial charge on any atom is -0.130 e. The molecule has 116 valence electrons. The fourth-order valence-corrected chi connectivity index (χ4v) is 4.30. The van der Waals surface area contributed by atoms with E-state index in [1.165, 1.54) is 5.56 Å². The molecular formula is C20H32Si. The van der Waals surface area contributed by atoms with Gasteiger partial charge in [0.25, 0.3) is 0 Å². The van der Waals surface area contributed by atoms with E-state index in [1.54, 1.807) is 5.20 Å². The van der Waals surface area contributed by atoms with Crippen LogP contribution in [-0.2, 0) is 6.42 Å². The van der Waals surface area contributed by atoms with Crippen molar-refractivity contribution in [2.24, 2.45) is 5.92 Å². The fourth-order valence-electron chi connectivity index (χ4n) is 2.20.